The molecule has 1 rings (SSSR count). The zero-order valence-electron chi connectivity index (χ0n) is 11.5. The average molecular weight is 255 g/mol. The summed E-state index contributed by atoms with van der Waals surface area (Å²) in [5.41, 5.74) is 2.53. The fourth-order valence-corrected chi connectivity index (χ4v) is 2.57. The highest BCUT2D eigenvalue weighted by Crippen LogP contribution is 2.09. The van der Waals surface area contributed by atoms with Crippen molar-refractivity contribution >= 4 is 11.8 Å². The predicted octanol–water partition coefficient (Wildman–Crippen LogP) is 2.26. The van der Waals surface area contributed by atoms with Crippen LogP contribution in [0.1, 0.15) is 31.7 Å². The van der Waals surface area contributed by atoms with E-state index in [1.807, 2.05) is 23.5 Å². The SMILES string of the molecule is CCCNC(CSC)Cc1cc(CC)nn1C. The summed E-state index contributed by atoms with van der Waals surface area (Å²) in [7, 11) is 2.05. The van der Waals surface area contributed by atoms with Crippen LogP contribution in [-0.4, -0.2) is 34.4 Å². The van der Waals surface area contributed by atoms with Gasteiger partial charge < -0.3 is 5.32 Å². The van der Waals surface area contributed by atoms with Gasteiger partial charge >= 0.3 is 0 Å². The number of nitrogens with zero attached hydrogens (tertiary/aromatic N) is 2. The third-order valence-corrected chi connectivity index (χ3v) is 3.63. The number of aryl methyl sites for hydroxylation is 2. The molecular weight excluding hydrogens is 230 g/mol. The van der Waals surface area contributed by atoms with Gasteiger partial charge in [0, 0.05) is 31.0 Å². The van der Waals surface area contributed by atoms with Crippen LogP contribution in [0.2, 0.25) is 0 Å². The first kappa shape index (κ1) is 14.6. The summed E-state index contributed by atoms with van der Waals surface area (Å²) in [5, 5.41) is 8.12. The summed E-state index contributed by atoms with van der Waals surface area (Å²) in [5.74, 6) is 1.16. The Labute approximate surface area is 109 Å². The standard InChI is InChI=1S/C13H25N3S/c1-5-7-14-12(10-17-4)9-13-8-11(6-2)15-16(13)3/h8,12,14H,5-7,9-10H2,1-4H3. The summed E-state index contributed by atoms with van der Waals surface area (Å²) < 4.78 is 2.03. The minimum absolute atomic E-state index is 0.560. The Morgan fingerprint density at radius 1 is 1.47 bits per heavy atom. The molecule has 0 aliphatic heterocycles. The molecule has 0 saturated heterocycles. The molecule has 0 aliphatic rings. The summed E-state index contributed by atoms with van der Waals surface area (Å²) in [6.45, 7) is 5.47. The van der Waals surface area contributed by atoms with Crippen molar-refractivity contribution in [2.75, 3.05) is 18.6 Å². The molecule has 1 aromatic rings. The molecule has 0 fully saturated rings. The highest BCUT2D eigenvalue weighted by molar-refractivity contribution is 7.98. The largest absolute Gasteiger partial charge is 0.313 e. The van der Waals surface area contributed by atoms with E-state index in [9.17, 15) is 0 Å². The van der Waals surface area contributed by atoms with E-state index in [1.165, 1.54) is 17.8 Å². The zero-order valence-corrected chi connectivity index (χ0v) is 12.3. The number of hydrogen-bond acceptors (Lipinski definition) is 3. The van der Waals surface area contributed by atoms with Crippen molar-refractivity contribution in [1.29, 1.82) is 0 Å². The number of nitrogens with one attached hydrogen (secondary N) is 1. The second-order valence-corrected chi connectivity index (χ2v) is 5.33. The van der Waals surface area contributed by atoms with Crippen LogP contribution in [0, 0.1) is 0 Å². The molecule has 17 heavy (non-hydrogen) atoms. The Kier molecular flexibility index (Phi) is 6.66. The number of rotatable bonds is 8. The Hall–Kier alpha value is -0.480. The van der Waals surface area contributed by atoms with Crippen LogP contribution in [0.4, 0.5) is 0 Å². The van der Waals surface area contributed by atoms with Crippen molar-refractivity contribution in [3.63, 3.8) is 0 Å². The van der Waals surface area contributed by atoms with Gasteiger partial charge in [-0.2, -0.15) is 16.9 Å². The predicted molar refractivity (Wildman–Crippen MR) is 76.8 cm³/mol. The van der Waals surface area contributed by atoms with Crippen LogP contribution in [-0.2, 0) is 19.9 Å². The summed E-state index contributed by atoms with van der Waals surface area (Å²) >= 11 is 1.91. The highest BCUT2D eigenvalue weighted by Gasteiger charge is 2.11. The lowest BCUT2D eigenvalue weighted by atomic mass is 10.1. The van der Waals surface area contributed by atoms with Gasteiger partial charge in [0.25, 0.3) is 0 Å². The van der Waals surface area contributed by atoms with E-state index in [0.717, 1.165) is 25.1 Å². The average Bonchev–Trinajstić information content (AvgIpc) is 2.67. The van der Waals surface area contributed by atoms with Crippen LogP contribution in [0.3, 0.4) is 0 Å². The molecule has 1 heterocycles. The molecular formula is C13H25N3S. The minimum Gasteiger partial charge on any atom is -0.313 e. The summed E-state index contributed by atoms with van der Waals surface area (Å²) in [6.07, 6.45) is 5.45. The van der Waals surface area contributed by atoms with Gasteiger partial charge in [0.1, 0.15) is 0 Å². The maximum Gasteiger partial charge on any atom is 0.0624 e. The first-order chi connectivity index (χ1) is 8.21. The lowest BCUT2D eigenvalue weighted by Gasteiger charge is -2.17. The molecule has 4 heteroatoms. The topological polar surface area (TPSA) is 29.9 Å². The van der Waals surface area contributed by atoms with Crippen molar-refractivity contribution in [3.8, 4) is 0 Å². The first-order valence-corrected chi connectivity index (χ1v) is 7.84. The second-order valence-electron chi connectivity index (χ2n) is 4.41. The van der Waals surface area contributed by atoms with E-state index < -0.39 is 0 Å². The zero-order chi connectivity index (χ0) is 12.7. The molecule has 1 atom stereocenters. The van der Waals surface area contributed by atoms with E-state index in [1.54, 1.807) is 0 Å². The van der Waals surface area contributed by atoms with Crippen LogP contribution in [0.25, 0.3) is 0 Å². The van der Waals surface area contributed by atoms with E-state index in [-0.39, 0.29) is 0 Å². The Morgan fingerprint density at radius 3 is 2.76 bits per heavy atom. The van der Waals surface area contributed by atoms with Gasteiger partial charge in [0.05, 0.1) is 5.69 Å². The Morgan fingerprint density at radius 2 is 2.24 bits per heavy atom. The van der Waals surface area contributed by atoms with Gasteiger partial charge in [0.15, 0.2) is 0 Å². The van der Waals surface area contributed by atoms with Crippen molar-refractivity contribution in [1.82, 2.24) is 15.1 Å². The van der Waals surface area contributed by atoms with Gasteiger partial charge in [-0.3, -0.25) is 4.68 Å². The van der Waals surface area contributed by atoms with E-state index in [4.69, 9.17) is 0 Å². The third kappa shape index (κ3) is 4.72. The minimum atomic E-state index is 0.560. The van der Waals surface area contributed by atoms with Crippen molar-refractivity contribution in [3.05, 3.63) is 17.5 Å². The van der Waals surface area contributed by atoms with Gasteiger partial charge in [-0.05, 0) is 31.7 Å². The summed E-state index contributed by atoms with van der Waals surface area (Å²) in [4.78, 5) is 0. The van der Waals surface area contributed by atoms with Gasteiger partial charge in [-0.1, -0.05) is 13.8 Å². The van der Waals surface area contributed by atoms with Crippen LogP contribution in [0.15, 0.2) is 6.07 Å². The number of thioether (sulfide) groups is 1. The van der Waals surface area contributed by atoms with E-state index in [0.29, 0.717) is 6.04 Å². The van der Waals surface area contributed by atoms with Crippen LogP contribution < -0.4 is 5.32 Å². The lowest BCUT2D eigenvalue weighted by molar-refractivity contribution is 0.532. The second kappa shape index (κ2) is 7.77. The molecule has 0 bridgehead atoms. The fraction of sp³-hybridized carbons (Fsp3) is 0.769. The molecule has 1 N–H and O–H groups in total. The molecule has 0 amide bonds. The Bertz CT molecular complexity index is 322. The monoisotopic (exact) mass is 255 g/mol. The smallest absolute Gasteiger partial charge is 0.0624 e. The maximum atomic E-state index is 4.50. The summed E-state index contributed by atoms with van der Waals surface area (Å²) in [6, 6.07) is 2.80. The molecule has 1 aromatic heterocycles. The van der Waals surface area contributed by atoms with E-state index in [2.05, 4.69) is 36.6 Å². The van der Waals surface area contributed by atoms with Gasteiger partial charge in [0.2, 0.25) is 0 Å². The third-order valence-electron chi connectivity index (χ3n) is 2.90. The van der Waals surface area contributed by atoms with E-state index >= 15 is 0 Å². The fourth-order valence-electron chi connectivity index (χ4n) is 1.93. The molecule has 0 saturated carbocycles. The number of hydrogen-bond donors (Lipinski definition) is 1. The van der Waals surface area contributed by atoms with Gasteiger partial charge in [-0.15, -0.1) is 0 Å². The van der Waals surface area contributed by atoms with Crippen molar-refractivity contribution < 1.29 is 0 Å². The molecule has 0 aliphatic carbocycles. The lowest BCUT2D eigenvalue weighted by Crippen LogP contribution is -2.34. The normalized spacial score (nSPS) is 12.9. The first-order valence-electron chi connectivity index (χ1n) is 6.45. The van der Waals surface area contributed by atoms with Crippen molar-refractivity contribution in [2.24, 2.45) is 7.05 Å². The van der Waals surface area contributed by atoms with Crippen molar-refractivity contribution in [2.45, 2.75) is 39.2 Å². The van der Waals surface area contributed by atoms with Crippen LogP contribution >= 0.6 is 11.8 Å². The molecule has 0 aromatic carbocycles. The number of aromatic nitrogens is 2. The molecule has 3 nitrogen and oxygen atoms in total. The molecule has 1 unspecified atom stereocenters. The molecule has 98 valence electrons. The molecule has 0 spiro atoms. The quantitative estimate of drug-likeness (QED) is 0.773. The maximum absolute atomic E-state index is 4.50. The van der Waals surface area contributed by atoms with Crippen LogP contribution in [0.5, 0.6) is 0 Å². The Balaban J connectivity index is 2.60. The van der Waals surface area contributed by atoms with Gasteiger partial charge in [-0.25, -0.2) is 0 Å². The highest BCUT2D eigenvalue weighted by atomic mass is 32.2. The molecule has 0 radical (unpaired) electrons.